The van der Waals surface area contributed by atoms with Crippen LogP contribution in [-0.4, -0.2) is 42.9 Å². The van der Waals surface area contributed by atoms with Crippen molar-refractivity contribution in [2.75, 3.05) is 27.4 Å². The molecular weight excluding hydrogens is 370 g/mol. The van der Waals surface area contributed by atoms with Gasteiger partial charge >= 0.3 is 0 Å². The molecule has 1 aromatic heterocycles. The summed E-state index contributed by atoms with van der Waals surface area (Å²) < 4.78 is 18.1. The molecule has 0 saturated carbocycles. The largest absolute Gasteiger partial charge is 0.497 e. The van der Waals surface area contributed by atoms with Gasteiger partial charge < -0.3 is 24.1 Å². The molecule has 0 bridgehead atoms. The maximum Gasteiger partial charge on any atom is 0.246 e. The number of carbonyl (C=O) groups excluding carboxylic acids is 1. The van der Waals surface area contributed by atoms with Crippen LogP contribution in [0.2, 0.25) is 0 Å². The van der Waals surface area contributed by atoms with E-state index < -0.39 is 0 Å². The van der Waals surface area contributed by atoms with E-state index in [0.717, 1.165) is 41.3 Å². The number of rotatable bonds is 10. The normalized spacial score (nSPS) is 12.0. The van der Waals surface area contributed by atoms with Crippen LogP contribution in [0.25, 0.3) is 11.0 Å². The summed E-state index contributed by atoms with van der Waals surface area (Å²) in [5.41, 5.74) is 1.95. The highest BCUT2D eigenvalue weighted by Gasteiger charge is 2.18. The van der Waals surface area contributed by atoms with E-state index in [1.807, 2.05) is 55.5 Å². The molecule has 3 aromatic rings. The number of nitrogens with one attached hydrogen (secondary N) is 1. The fraction of sp³-hybridized carbons (Fsp3) is 0.364. The number of fused-ring (bicyclic) bond motifs is 1. The molecular formula is C22H27N3O4. The fourth-order valence-electron chi connectivity index (χ4n) is 3.24. The number of methoxy groups -OCH3 is 2. The number of nitrogens with zero attached hydrogens (tertiary/aromatic N) is 2. The minimum absolute atomic E-state index is 0.0267. The fourth-order valence-corrected chi connectivity index (χ4v) is 3.24. The molecule has 1 amide bonds. The van der Waals surface area contributed by atoms with Gasteiger partial charge in [-0.2, -0.15) is 0 Å². The van der Waals surface area contributed by atoms with E-state index in [-0.39, 0.29) is 18.6 Å². The highest BCUT2D eigenvalue weighted by atomic mass is 16.5. The van der Waals surface area contributed by atoms with Crippen LogP contribution < -0.4 is 14.8 Å². The Bertz CT molecular complexity index is 954. The number of ether oxygens (including phenoxy) is 3. The number of hydrogen-bond acceptors (Lipinski definition) is 5. The van der Waals surface area contributed by atoms with Gasteiger partial charge in [-0.1, -0.05) is 18.2 Å². The summed E-state index contributed by atoms with van der Waals surface area (Å²) >= 11 is 0. The van der Waals surface area contributed by atoms with Crippen molar-refractivity contribution in [2.24, 2.45) is 0 Å². The number of imidazole rings is 1. The van der Waals surface area contributed by atoms with Crippen LogP contribution in [0, 0.1) is 0 Å². The van der Waals surface area contributed by atoms with Gasteiger partial charge in [0.15, 0.2) is 0 Å². The molecule has 2 aromatic carbocycles. The first kappa shape index (κ1) is 20.7. The van der Waals surface area contributed by atoms with Crippen LogP contribution in [0.5, 0.6) is 11.5 Å². The smallest absolute Gasteiger partial charge is 0.246 e. The zero-order valence-electron chi connectivity index (χ0n) is 17.1. The van der Waals surface area contributed by atoms with E-state index in [4.69, 9.17) is 19.2 Å². The number of aryl methyl sites for hydroxylation is 1. The monoisotopic (exact) mass is 397 g/mol. The van der Waals surface area contributed by atoms with Crippen molar-refractivity contribution in [3.05, 3.63) is 54.4 Å². The molecule has 0 aliphatic carbocycles. The first-order valence-electron chi connectivity index (χ1n) is 9.62. The Balaban J connectivity index is 1.69. The van der Waals surface area contributed by atoms with Gasteiger partial charge in [-0.15, -0.1) is 0 Å². The molecule has 0 aliphatic rings. The number of hydrogen-bond donors (Lipinski definition) is 1. The minimum Gasteiger partial charge on any atom is -0.497 e. The first-order chi connectivity index (χ1) is 14.1. The zero-order chi connectivity index (χ0) is 20.6. The van der Waals surface area contributed by atoms with E-state index in [2.05, 4.69) is 9.88 Å². The summed E-state index contributed by atoms with van der Waals surface area (Å²) in [6, 6.07) is 15.3. The lowest BCUT2D eigenvalue weighted by Crippen LogP contribution is -2.31. The average Bonchev–Trinajstić information content (AvgIpc) is 3.10. The molecule has 1 atom stereocenters. The molecule has 0 spiro atoms. The third-order valence-corrected chi connectivity index (χ3v) is 4.56. The summed E-state index contributed by atoms with van der Waals surface area (Å²) in [5.74, 6) is 2.20. The number of carbonyl (C=O) groups is 1. The SMILES string of the molecule is COCC(=O)NC(C)c1nc2ccccc2n1CCCOc1cccc(OC)c1. The highest BCUT2D eigenvalue weighted by molar-refractivity contribution is 5.78. The molecule has 7 heteroatoms. The molecule has 0 saturated heterocycles. The number of aromatic nitrogens is 2. The Labute approximate surface area is 170 Å². The van der Waals surface area contributed by atoms with Gasteiger partial charge in [0.2, 0.25) is 5.91 Å². The van der Waals surface area contributed by atoms with Gasteiger partial charge in [-0.25, -0.2) is 4.98 Å². The Hall–Kier alpha value is -3.06. The van der Waals surface area contributed by atoms with Crippen molar-refractivity contribution >= 4 is 16.9 Å². The van der Waals surface area contributed by atoms with E-state index >= 15 is 0 Å². The molecule has 1 N–H and O–H groups in total. The van der Waals surface area contributed by atoms with Gasteiger partial charge in [0, 0.05) is 19.7 Å². The van der Waals surface area contributed by atoms with Crippen LogP contribution >= 0.6 is 0 Å². The van der Waals surface area contributed by atoms with Crippen molar-refractivity contribution in [2.45, 2.75) is 25.9 Å². The second-order valence-electron chi connectivity index (χ2n) is 6.71. The molecule has 1 heterocycles. The van der Waals surface area contributed by atoms with Gasteiger partial charge in [0.05, 0.1) is 30.8 Å². The Morgan fingerprint density at radius 2 is 1.93 bits per heavy atom. The molecule has 0 fully saturated rings. The van der Waals surface area contributed by atoms with E-state index in [0.29, 0.717) is 6.61 Å². The maximum atomic E-state index is 11.9. The van der Waals surface area contributed by atoms with E-state index in [1.165, 1.54) is 7.11 Å². The molecule has 3 rings (SSSR count). The maximum absolute atomic E-state index is 11.9. The summed E-state index contributed by atoms with van der Waals surface area (Å²) in [5, 5.41) is 2.93. The quantitative estimate of drug-likeness (QED) is 0.531. The highest BCUT2D eigenvalue weighted by Crippen LogP contribution is 2.22. The first-order valence-corrected chi connectivity index (χ1v) is 9.62. The molecule has 7 nitrogen and oxygen atoms in total. The lowest BCUT2D eigenvalue weighted by atomic mass is 10.3. The van der Waals surface area contributed by atoms with Gasteiger partial charge in [0.25, 0.3) is 0 Å². The van der Waals surface area contributed by atoms with Crippen LogP contribution in [0.1, 0.15) is 25.2 Å². The van der Waals surface area contributed by atoms with Crippen molar-refractivity contribution < 1.29 is 19.0 Å². The lowest BCUT2D eigenvalue weighted by Gasteiger charge is -2.16. The summed E-state index contributed by atoms with van der Waals surface area (Å²) in [4.78, 5) is 16.7. The number of benzene rings is 2. The van der Waals surface area contributed by atoms with Crippen LogP contribution in [-0.2, 0) is 16.1 Å². The minimum atomic E-state index is -0.232. The Morgan fingerprint density at radius 3 is 2.72 bits per heavy atom. The van der Waals surface area contributed by atoms with E-state index in [9.17, 15) is 4.79 Å². The predicted octanol–water partition coefficient (Wildman–Crippen LogP) is 3.34. The van der Waals surface area contributed by atoms with Crippen LogP contribution in [0.3, 0.4) is 0 Å². The third kappa shape index (κ3) is 5.26. The molecule has 0 radical (unpaired) electrons. The molecule has 29 heavy (non-hydrogen) atoms. The standard InChI is InChI=1S/C22H27N3O4/c1-16(23-21(26)15-27-2)22-24-19-10-4-5-11-20(19)25(22)12-7-13-29-18-9-6-8-17(14-18)28-3/h4-6,8-11,14,16H,7,12-13,15H2,1-3H3,(H,23,26). The van der Waals surface area contributed by atoms with Crippen molar-refractivity contribution in [1.29, 1.82) is 0 Å². The lowest BCUT2D eigenvalue weighted by molar-refractivity contribution is -0.125. The van der Waals surface area contributed by atoms with Crippen LogP contribution in [0.4, 0.5) is 0 Å². The zero-order valence-corrected chi connectivity index (χ0v) is 17.1. The predicted molar refractivity (Wildman–Crippen MR) is 111 cm³/mol. The van der Waals surface area contributed by atoms with Crippen molar-refractivity contribution in [1.82, 2.24) is 14.9 Å². The number of amides is 1. The van der Waals surface area contributed by atoms with E-state index in [1.54, 1.807) is 7.11 Å². The van der Waals surface area contributed by atoms with Crippen molar-refractivity contribution in [3.63, 3.8) is 0 Å². The second kappa shape index (κ2) is 9.93. The summed E-state index contributed by atoms with van der Waals surface area (Å²) in [7, 11) is 3.14. The average molecular weight is 397 g/mol. The second-order valence-corrected chi connectivity index (χ2v) is 6.71. The van der Waals surface area contributed by atoms with Gasteiger partial charge in [0.1, 0.15) is 23.9 Å². The van der Waals surface area contributed by atoms with Gasteiger partial charge in [-0.3, -0.25) is 4.79 Å². The Morgan fingerprint density at radius 1 is 1.14 bits per heavy atom. The molecule has 0 aliphatic heterocycles. The summed E-state index contributed by atoms with van der Waals surface area (Å²) in [6.45, 7) is 3.24. The van der Waals surface area contributed by atoms with Gasteiger partial charge in [-0.05, 0) is 37.6 Å². The third-order valence-electron chi connectivity index (χ3n) is 4.56. The molecule has 154 valence electrons. The topological polar surface area (TPSA) is 74.6 Å². The summed E-state index contributed by atoms with van der Waals surface area (Å²) in [6.07, 6.45) is 0.795. The Kier molecular flexibility index (Phi) is 7.08. The number of para-hydroxylation sites is 2. The van der Waals surface area contributed by atoms with Crippen LogP contribution in [0.15, 0.2) is 48.5 Å². The molecule has 1 unspecified atom stereocenters. The van der Waals surface area contributed by atoms with Crippen molar-refractivity contribution in [3.8, 4) is 11.5 Å².